The van der Waals surface area contributed by atoms with Crippen LogP contribution in [0.2, 0.25) is 0 Å². The minimum absolute atomic E-state index is 0.889. The molecule has 0 N–H and O–H groups in total. The molecule has 70 heavy (non-hydrogen) atoms. The van der Waals surface area contributed by atoms with Gasteiger partial charge in [-0.2, -0.15) is 0 Å². The van der Waals surface area contributed by atoms with Crippen molar-refractivity contribution in [3.05, 3.63) is 273 Å². The first-order valence-corrected chi connectivity index (χ1v) is 23.8. The SMILES string of the molecule is c1ccc(N(c2ccccc2)c2cc(N(c3ccccc3)c3ccccc3)cc(N(c3ccc(-c4ccc5oc6ccccc6c5c4)cc3)c3ccc4c5ccccc5c5ccccc5c4c3)c2)cc1. The van der Waals surface area contributed by atoms with Crippen LogP contribution >= 0.6 is 0 Å². The fraction of sp³-hybridized carbons (Fsp3) is 0. The summed E-state index contributed by atoms with van der Waals surface area (Å²) in [6, 6.07) is 98.1. The first-order chi connectivity index (χ1) is 34.7. The second-order valence-electron chi connectivity index (χ2n) is 17.7. The van der Waals surface area contributed by atoms with Crippen LogP contribution in [0.25, 0.3) is 65.4 Å². The molecule has 0 spiro atoms. The number of anilines is 9. The molecule has 13 aromatic rings. The zero-order valence-corrected chi connectivity index (χ0v) is 38.2. The Kier molecular flexibility index (Phi) is 10.1. The Bertz CT molecular complexity index is 3790. The first-order valence-electron chi connectivity index (χ1n) is 23.8. The number of hydrogen-bond donors (Lipinski definition) is 0. The van der Waals surface area contributed by atoms with E-state index in [2.05, 4.69) is 276 Å². The third-order valence-corrected chi connectivity index (χ3v) is 13.5. The molecule has 0 fully saturated rings. The van der Waals surface area contributed by atoms with E-state index in [1.165, 1.54) is 32.3 Å². The Morgan fingerprint density at radius 1 is 0.186 bits per heavy atom. The van der Waals surface area contributed by atoms with E-state index in [-0.39, 0.29) is 0 Å². The van der Waals surface area contributed by atoms with Crippen molar-refractivity contribution in [2.45, 2.75) is 0 Å². The zero-order valence-electron chi connectivity index (χ0n) is 38.2. The highest BCUT2D eigenvalue weighted by atomic mass is 16.3. The van der Waals surface area contributed by atoms with Crippen LogP contribution in [0.15, 0.2) is 277 Å². The van der Waals surface area contributed by atoms with Gasteiger partial charge in [-0.25, -0.2) is 0 Å². The molecule has 0 saturated carbocycles. The monoisotopic (exact) mass is 895 g/mol. The molecule has 0 saturated heterocycles. The summed E-state index contributed by atoms with van der Waals surface area (Å²) in [6.07, 6.45) is 0. The molecule has 1 heterocycles. The van der Waals surface area contributed by atoms with Gasteiger partial charge in [0.2, 0.25) is 0 Å². The van der Waals surface area contributed by atoms with Crippen molar-refractivity contribution in [3.8, 4) is 11.1 Å². The van der Waals surface area contributed by atoms with Crippen molar-refractivity contribution < 1.29 is 4.42 Å². The van der Waals surface area contributed by atoms with E-state index in [9.17, 15) is 0 Å². The Labute approximate surface area is 406 Å². The largest absolute Gasteiger partial charge is 0.456 e. The predicted molar refractivity (Wildman–Crippen MR) is 296 cm³/mol. The maximum absolute atomic E-state index is 6.22. The van der Waals surface area contributed by atoms with Gasteiger partial charge in [0.25, 0.3) is 0 Å². The fourth-order valence-electron chi connectivity index (χ4n) is 10.4. The second kappa shape index (κ2) is 17.4. The van der Waals surface area contributed by atoms with E-state index >= 15 is 0 Å². The summed E-state index contributed by atoms with van der Waals surface area (Å²) in [6.45, 7) is 0. The van der Waals surface area contributed by atoms with Gasteiger partial charge in [0.15, 0.2) is 0 Å². The third-order valence-electron chi connectivity index (χ3n) is 13.5. The molecule has 12 aromatic carbocycles. The number of furan rings is 1. The summed E-state index contributed by atoms with van der Waals surface area (Å²) < 4.78 is 6.22. The molecular weight excluding hydrogens is 851 g/mol. The summed E-state index contributed by atoms with van der Waals surface area (Å²) in [5.41, 5.74) is 13.4. The van der Waals surface area contributed by atoms with E-state index in [1.807, 2.05) is 12.1 Å². The average molecular weight is 896 g/mol. The lowest BCUT2D eigenvalue weighted by Gasteiger charge is -2.33. The molecule has 0 atom stereocenters. The minimum atomic E-state index is 0.889. The van der Waals surface area contributed by atoms with Crippen LogP contribution in [0, 0.1) is 0 Å². The van der Waals surface area contributed by atoms with Crippen LogP contribution < -0.4 is 14.7 Å². The van der Waals surface area contributed by atoms with Gasteiger partial charge in [-0.1, -0.05) is 164 Å². The number of rotatable bonds is 10. The Morgan fingerprint density at radius 2 is 0.529 bits per heavy atom. The molecule has 0 aliphatic rings. The van der Waals surface area contributed by atoms with Crippen LogP contribution in [0.1, 0.15) is 0 Å². The maximum atomic E-state index is 6.22. The van der Waals surface area contributed by atoms with Crippen LogP contribution in [-0.2, 0) is 0 Å². The third kappa shape index (κ3) is 7.27. The van der Waals surface area contributed by atoms with Crippen molar-refractivity contribution in [1.82, 2.24) is 0 Å². The lowest BCUT2D eigenvalue weighted by molar-refractivity contribution is 0.669. The molecule has 0 aliphatic heterocycles. The molecule has 0 unspecified atom stereocenters. The number of benzene rings is 12. The van der Waals surface area contributed by atoms with Gasteiger partial charge in [-0.05, 0) is 153 Å². The molecule has 4 heteroatoms. The maximum Gasteiger partial charge on any atom is 0.135 e. The summed E-state index contributed by atoms with van der Waals surface area (Å²) in [7, 11) is 0. The van der Waals surface area contributed by atoms with Crippen LogP contribution in [0.3, 0.4) is 0 Å². The van der Waals surface area contributed by atoms with Gasteiger partial charge < -0.3 is 19.1 Å². The predicted octanol–water partition coefficient (Wildman–Crippen LogP) is 19.1. The zero-order chi connectivity index (χ0) is 46.4. The van der Waals surface area contributed by atoms with Gasteiger partial charge in [0.1, 0.15) is 11.2 Å². The summed E-state index contributed by atoms with van der Waals surface area (Å²) in [5.74, 6) is 0. The highest BCUT2D eigenvalue weighted by Gasteiger charge is 2.23. The summed E-state index contributed by atoms with van der Waals surface area (Å²) >= 11 is 0. The van der Waals surface area contributed by atoms with E-state index in [1.54, 1.807) is 0 Å². The highest BCUT2D eigenvalue weighted by molar-refractivity contribution is 6.26. The second-order valence-corrected chi connectivity index (χ2v) is 17.7. The van der Waals surface area contributed by atoms with Crippen molar-refractivity contribution in [3.63, 3.8) is 0 Å². The van der Waals surface area contributed by atoms with Gasteiger partial charge in [-0.15, -0.1) is 0 Å². The minimum Gasteiger partial charge on any atom is -0.456 e. The molecule has 0 radical (unpaired) electrons. The molecule has 4 nitrogen and oxygen atoms in total. The average Bonchev–Trinajstić information content (AvgIpc) is 3.81. The van der Waals surface area contributed by atoms with E-state index in [0.717, 1.165) is 84.3 Å². The van der Waals surface area contributed by atoms with Crippen molar-refractivity contribution in [2.75, 3.05) is 14.7 Å². The fourth-order valence-corrected chi connectivity index (χ4v) is 10.4. The van der Waals surface area contributed by atoms with E-state index in [4.69, 9.17) is 4.42 Å². The molecular formula is C66H45N3O. The van der Waals surface area contributed by atoms with Gasteiger partial charge in [0.05, 0.1) is 17.1 Å². The number of nitrogens with zero attached hydrogens (tertiary/aromatic N) is 3. The lowest BCUT2D eigenvalue weighted by atomic mass is 9.94. The van der Waals surface area contributed by atoms with Gasteiger partial charge in [-0.3, -0.25) is 0 Å². The standard InChI is InChI=1S/C66H45N3O/c1-5-19-48(20-6-1)67(49-21-7-2-8-22-49)54-42-55(68(50-23-9-3-10-24-50)51-25-11-4-12-26-51)44-56(43-54)69(53-38-39-61-59-29-14-13-27-57(59)58-28-15-16-30-60(58)63(61)45-53)52-36-33-46(34-37-52)47-35-40-66-64(41-47)62-31-17-18-32-65(62)70-66/h1-45H. The van der Waals surface area contributed by atoms with Gasteiger partial charge >= 0.3 is 0 Å². The Morgan fingerprint density at radius 3 is 1.01 bits per heavy atom. The molecule has 0 aliphatic carbocycles. The number of hydrogen-bond acceptors (Lipinski definition) is 4. The normalized spacial score (nSPS) is 11.4. The van der Waals surface area contributed by atoms with Gasteiger partial charge in [0, 0.05) is 44.9 Å². The topological polar surface area (TPSA) is 22.9 Å². The Balaban J connectivity index is 1.07. The van der Waals surface area contributed by atoms with Crippen molar-refractivity contribution in [1.29, 1.82) is 0 Å². The van der Waals surface area contributed by atoms with Crippen molar-refractivity contribution in [2.24, 2.45) is 0 Å². The number of para-hydroxylation sites is 5. The molecule has 13 rings (SSSR count). The molecule has 0 amide bonds. The molecule has 0 bridgehead atoms. The first kappa shape index (κ1) is 40.9. The molecule has 1 aromatic heterocycles. The number of fused-ring (bicyclic) bond motifs is 9. The van der Waals surface area contributed by atoms with Crippen LogP contribution in [0.5, 0.6) is 0 Å². The van der Waals surface area contributed by atoms with Crippen molar-refractivity contribution >= 4 is 105 Å². The van der Waals surface area contributed by atoms with E-state index < -0.39 is 0 Å². The van der Waals surface area contributed by atoms with Crippen LogP contribution in [-0.4, -0.2) is 0 Å². The highest BCUT2D eigenvalue weighted by Crippen LogP contribution is 2.47. The lowest BCUT2D eigenvalue weighted by Crippen LogP contribution is -2.16. The summed E-state index contributed by atoms with van der Waals surface area (Å²) in [4.78, 5) is 7.14. The van der Waals surface area contributed by atoms with Crippen LogP contribution in [0.4, 0.5) is 51.2 Å². The smallest absolute Gasteiger partial charge is 0.135 e. The van der Waals surface area contributed by atoms with E-state index in [0.29, 0.717) is 0 Å². The molecule has 330 valence electrons. The Hall–Kier alpha value is -9.38. The quantitative estimate of drug-likeness (QED) is 0.128. The summed E-state index contributed by atoms with van der Waals surface area (Å²) in [5, 5.41) is 9.63.